The van der Waals surface area contributed by atoms with Crippen LogP contribution in [-0.4, -0.2) is 102 Å². The Labute approximate surface area is 311 Å². The number of carbonyl (C=O) groups is 3. The molecule has 0 radical (unpaired) electrons. The number of aliphatic carboxylic acids is 1. The molecular weight excluding hydrogens is 707 g/mol. The van der Waals surface area contributed by atoms with Gasteiger partial charge in [-0.1, -0.05) is 24.3 Å². The molecule has 54 heavy (non-hydrogen) atoms. The summed E-state index contributed by atoms with van der Waals surface area (Å²) >= 11 is 0. The molecule has 6 rings (SSSR count). The highest BCUT2D eigenvalue weighted by molar-refractivity contribution is 6.03. The fourth-order valence-corrected chi connectivity index (χ4v) is 7.06. The Balaban J connectivity index is 1.19. The quantitative estimate of drug-likeness (QED) is 0.132. The molecule has 2 amide bonds. The van der Waals surface area contributed by atoms with Gasteiger partial charge >= 0.3 is 5.97 Å². The van der Waals surface area contributed by atoms with E-state index in [4.69, 9.17) is 19.3 Å². The number of methoxy groups -OCH3 is 1. The number of nitrogens with one attached hydrogen (secondary N) is 1. The van der Waals surface area contributed by atoms with Crippen molar-refractivity contribution in [3.8, 4) is 17.2 Å². The van der Waals surface area contributed by atoms with Crippen LogP contribution in [0.5, 0.6) is 17.2 Å². The zero-order chi connectivity index (χ0) is 38.4. The first-order valence-corrected chi connectivity index (χ1v) is 18.1. The topological polar surface area (TPSA) is 138 Å². The molecule has 3 aromatic rings. The van der Waals surface area contributed by atoms with Crippen LogP contribution in [0.4, 0.5) is 13.2 Å². The molecule has 3 N–H and O–H groups in total. The molecule has 0 unspecified atom stereocenters. The molecule has 3 aromatic carbocycles. The third kappa shape index (κ3) is 9.52. The maximum Gasteiger partial charge on any atom is 0.305 e. The largest absolute Gasteiger partial charge is 0.497 e. The Morgan fingerprint density at radius 3 is 2.30 bits per heavy atom. The second-order valence-corrected chi connectivity index (χ2v) is 13.8. The summed E-state index contributed by atoms with van der Waals surface area (Å²) < 4.78 is 57.9. The van der Waals surface area contributed by atoms with Crippen molar-refractivity contribution in [1.29, 1.82) is 0 Å². The summed E-state index contributed by atoms with van der Waals surface area (Å²) in [4.78, 5) is 42.4. The van der Waals surface area contributed by atoms with Crippen molar-refractivity contribution >= 4 is 23.4 Å². The van der Waals surface area contributed by atoms with Crippen LogP contribution in [0.15, 0.2) is 66.2 Å². The number of aliphatic hydroxyl groups is 1. The lowest BCUT2D eigenvalue weighted by molar-refractivity contribution is -0.141. The molecule has 1 saturated heterocycles. The summed E-state index contributed by atoms with van der Waals surface area (Å²) in [5.41, 5.74) is 3.18. The van der Waals surface area contributed by atoms with E-state index in [2.05, 4.69) is 5.32 Å². The smallest absolute Gasteiger partial charge is 0.305 e. The minimum atomic E-state index is -1.36. The lowest BCUT2D eigenvalue weighted by atomic mass is 9.82. The fourth-order valence-electron chi connectivity index (χ4n) is 7.06. The molecular formula is C40H44F3N3O8. The first-order valence-electron chi connectivity index (χ1n) is 18.1. The average molecular weight is 752 g/mol. The molecule has 2 aliphatic heterocycles. The Kier molecular flexibility index (Phi) is 12.4. The maximum absolute atomic E-state index is 14.6. The number of amides is 2. The standard InChI is InChI=1S/C40H44F3N3O8/c1-52-29-10-12-30(13-11-29)53-18-16-46(27-8-9-27)40(51)37-31(19-26-22-45(23-34(37)44-26)35(48)20-28(47)21-36(49)50)25-6-4-24(5-7-25)3-2-17-54-39-33(42)15-14-32(41)38(39)43/h4-7,10-15,26-28,34,44,47H,2-3,8-9,16-23H2,1H3,(H,49,50)/t26-,28+,34-/m1/s1. The van der Waals surface area contributed by atoms with Crippen molar-refractivity contribution < 1.29 is 52.0 Å². The summed E-state index contributed by atoms with van der Waals surface area (Å²) in [6, 6.07) is 15.8. The monoisotopic (exact) mass is 751 g/mol. The Bertz CT molecular complexity index is 1850. The van der Waals surface area contributed by atoms with Gasteiger partial charge < -0.3 is 39.5 Å². The summed E-state index contributed by atoms with van der Waals surface area (Å²) in [7, 11) is 1.59. The van der Waals surface area contributed by atoms with Gasteiger partial charge in [0.25, 0.3) is 5.91 Å². The third-order valence-electron chi connectivity index (χ3n) is 9.88. The van der Waals surface area contributed by atoms with Crippen LogP contribution >= 0.6 is 0 Å². The van der Waals surface area contributed by atoms with Crippen LogP contribution < -0.4 is 19.5 Å². The van der Waals surface area contributed by atoms with E-state index in [0.29, 0.717) is 55.5 Å². The van der Waals surface area contributed by atoms with Gasteiger partial charge in [-0.15, -0.1) is 0 Å². The van der Waals surface area contributed by atoms with Gasteiger partial charge in [0.15, 0.2) is 17.4 Å². The number of carbonyl (C=O) groups excluding carboxylic acids is 2. The number of hydrogen-bond acceptors (Lipinski definition) is 8. The van der Waals surface area contributed by atoms with Crippen molar-refractivity contribution in [2.45, 2.75) is 69.2 Å². The normalized spacial score (nSPS) is 18.6. The Morgan fingerprint density at radius 1 is 0.907 bits per heavy atom. The van der Waals surface area contributed by atoms with Gasteiger partial charge in [0.05, 0.1) is 45.2 Å². The molecule has 2 fully saturated rings. The zero-order valence-corrected chi connectivity index (χ0v) is 29.9. The predicted molar refractivity (Wildman–Crippen MR) is 192 cm³/mol. The van der Waals surface area contributed by atoms with Crippen LogP contribution in [-0.2, 0) is 20.8 Å². The van der Waals surface area contributed by atoms with Crippen molar-refractivity contribution in [2.75, 3.05) is 40.0 Å². The molecule has 3 atom stereocenters. The number of halogens is 3. The molecule has 11 nitrogen and oxygen atoms in total. The Hall–Kier alpha value is -5.08. The van der Waals surface area contributed by atoms with E-state index in [1.165, 1.54) is 0 Å². The van der Waals surface area contributed by atoms with Gasteiger partial charge in [-0.25, -0.2) is 8.78 Å². The first kappa shape index (κ1) is 38.6. The summed E-state index contributed by atoms with van der Waals surface area (Å²) in [6.45, 7) is 1.08. The highest BCUT2D eigenvalue weighted by Gasteiger charge is 2.43. The van der Waals surface area contributed by atoms with Gasteiger partial charge in [-0.3, -0.25) is 14.4 Å². The predicted octanol–water partition coefficient (Wildman–Crippen LogP) is 4.75. The highest BCUT2D eigenvalue weighted by Crippen LogP contribution is 2.37. The SMILES string of the molecule is COc1ccc(OCCN(C(=O)C2=C(c3ccc(CCCOc4c(F)ccc(F)c4F)cc3)C[C@@H]3CN(C(=O)C[C@H](O)CC(=O)O)C[C@H]2N3)C2CC2)cc1. The lowest BCUT2D eigenvalue weighted by Gasteiger charge is -2.45. The van der Waals surface area contributed by atoms with E-state index in [9.17, 15) is 32.7 Å². The van der Waals surface area contributed by atoms with Crippen LogP contribution in [0.3, 0.4) is 0 Å². The minimum absolute atomic E-state index is 0.0282. The number of aliphatic hydroxyl groups excluding tert-OH is 1. The van der Waals surface area contributed by atoms with Crippen molar-refractivity contribution in [3.63, 3.8) is 0 Å². The highest BCUT2D eigenvalue weighted by atomic mass is 19.2. The first-order chi connectivity index (χ1) is 26.0. The summed E-state index contributed by atoms with van der Waals surface area (Å²) in [6.07, 6.45) is 0.905. The molecule has 1 saturated carbocycles. The fraction of sp³-hybridized carbons (Fsp3) is 0.425. The van der Waals surface area contributed by atoms with E-state index < -0.39 is 47.7 Å². The van der Waals surface area contributed by atoms with E-state index >= 15 is 0 Å². The number of fused-ring (bicyclic) bond motifs is 2. The average Bonchev–Trinajstić information content (AvgIpc) is 4.00. The third-order valence-corrected chi connectivity index (χ3v) is 9.88. The number of hydrogen-bond donors (Lipinski definition) is 3. The number of aryl methyl sites for hydroxylation is 1. The number of benzene rings is 3. The van der Waals surface area contributed by atoms with E-state index in [0.717, 1.165) is 35.6 Å². The van der Waals surface area contributed by atoms with Crippen molar-refractivity contribution in [3.05, 3.63) is 94.8 Å². The molecule has 1 aliphatic carbocycles. The van der Waals surface area contributed by atoms with Crippen LogP contribution in [0.25, 0.3) is 5.57 Å². The molecule has 14 heteroatoms. The minimum Gasteiger partial charge on any atom is -0.497 e. The number of carboxylic acid groups (broad SMARTS) is 1. The molecule has 0 aromatic heterocycles. The van der Waals surface area contributed by atoms with Crippen LogP contribution in [0.1, 0.15) is 49.7 Å². The molecule has 2 bridgehead atoms. The van der Waals surface area contributed by atoms with Gasteiger partial charge in [0.2, 0.25) is 11.7 Å². The van der Waals surface area contributed by atoms with Gasteiger partial charge in [0.1, 0.15) is 18.1 Å². The summed E-state index contributed by atoms with van der Waals surface area (Å²) in [5.74, 6) is -4.64. The van der Waals surface area contributed by atoms with Gasteiger partial charge in [0, 0.05) is 30.7 Å². The van der Waals surface area contributed by atoms with Gasteiger partial charge in [-0.05, 0) is 85.2 Å². The van der Waals surface area contributed by atoms with E-state index in [1.54, 1.807) is 36.3 Å². The second kappa shape index (κ2) is 17.4. The maximum atomic E-state index is 14.6. The summed E-state index contributed by atoms with van der Waals surface area (Å²) in [5, 5.41) is 22.8. The van der Waals surface area contributed by atoms with E-state index in [1.807, 2.05) is 29.2 Å². The zero-order valence-electron chi connectivity index (χ0n) is 29.9. The van der Waals surface area contributed by atoms with Crippen LogP contribution in [0, 0.1) is 17.5 Å². The molecule has 3 aliphatic rings. The number of ether oxygens (including phenoxy) is 3. The Morgan fingerprint density at radius 2 is 1.61 bits per heavy atom. The van der Waals surface area contributed by atoms with Crippen LogP contribution in [0.2, 0.25) is 0 Å². The number of carboxylic acids is 1. The number of piperazine rings is 1. The lowest BCUT2D eigenvalue weighted by Crippen LogP contribution is -2.62. The second-order valence-electron chi connectivity index (χ2n) is 13.8. The number of nitrogens with zero attached hydrogens (tertiary/aromatic N) is 2. The van der Waals surface area contributed by atoms with Crippen molar-refractivity contribution in [1.82, 2.24) is 15.1 Å². The number of rotatable bonds is 17. The van der Waals surface area contributed by atoms with E-state index in [-0.39, 0.29) is 50.1 Å². The molecule has 2 heterocycles. The molecule has 0 spiro atoms. The molecule has 288 valence electrons. The van der Waals surface area contributed by atoms with Crippen molar-refractivity contribution in [2.24, 2.45) is 0 Å². The van der Waals surface area contributed by atoms with Gasteiger partial charge in [-0.2, -0.15) is 4.39 Å².